The number of hydrogen-bond acceptors (Lipinski definition) is 0. The Morgan fingerprint density at radius 1 is 0.225 bits per heavy atom. The van der Waals surface area contributed by atoms with Crippen molar-refractivity contribution in [2.24, 2.45) is 28.2 Å². The van der Waals surface area contributed by atoms with Gasteiger partial charge in [-0.3, -0.25) is 0 Å². The van der Waals surface area contributed by atoms with E-state index in [-0.39, 0.29) is 32.5 Å². The number of aryl methyl sites for hydroxylation is 13. The monoisotopic (exact) mass is 1570 g/mol. The van der Waals surface area contributed by atoms with Crippen LogP contribution in [0.2, 0.25) is 0 Å². The highest BCUT2D eigenvalue weighted by Gasteiger charge is 2.51. The van der Waals surface area contributed by atoms with Crippen LogP contribution in [0, 0.1) is 55.4 Å². The van der Waals surface area contributed by atoms with Gasteiger partial charge >= 0.3 is 0 Å². The average Bonchev–Trinajstić information content (AvgIpc) is 0.697. The Morgan fingerprint density at radius 2 is 0.583 bits per heavy atom. The van der Waals surface area contributed by atoms with Crippen LogP contribution >= 0.6 is 0 Å². The maximum absolute atomic E-state index is 2.46. The molecule has 4 heteroatoms. The zero-order valence-electron chi connectivity index (χ0n) is 75.6. The molecule has 0 saturated heterocycles. The number of benzene rings is 12. The van der Waals surface area contributed by atoms with Crippen LogP contribution < -0.4 is 18.3 Å². The quantitative estimate of drug-likeness (QED) is 0.156. The van der Waals surface area contributed by atoms with Crippen molar-refractivity contribution >= 4 is 43.1 Å². The molecule has 0 bridgehead atoms. The third-order valence-corrected chi connectivity index (χ3v) is 30.1. The summed E-state index contributed by atoms with van der Waals surface area (Å²) < 4.78 is 9.00. The molecule has 600 valence electrons. The van der Waals surface area contributed by atoms with Crippen molar-refractivity contribution in [3.63, 3.8) is 0 Å². The Balaban J connectivity index is 0.000000114. The third kappa shape index (κ3) is 13.0. The van der Waals surface area contributed by atoms with Crippen molar-refractivity contribution in [1.82, 2.24) is 0 Å². The van der Waals surface area contributed by atoms with Crippen molar-refractivity contribution < 1.29 is 18.3 Å². The van der Waals surface area contributed by atoms with Crippen LogP contribution in [0.3, 0.4) is 0 Å². The van der Waals surface area contributed by atoms with E-state index < -0.39 is 0 Å². The molecule has 12 aromatic carbocycles. The van der Waals surface area contributed by atoms with Gasteiger partial charge in [-0.25, -0.2) is 18.3 Å². The van der Waals surface area contributed by atoms with Crippen LogP contribution in [0.1, 0.15) is 172 Å². The molecular weight excluding hydrogens is 1450 g/mol. The highest BCUT2D eigenvalue weighted by molar-refractivity contribution is 6.03. The molecule has 0 N–H and O–H groups in total. The molecule has 120 heavy (non-hydrogen) atoms. The van der Waals surface area contributed by atoms with E-state index in [0.29, 0.717) is 0 Å². The summed E-state index contributed by atoms with van der Waals surface area (Å²) in [4.78, 5) is 0. The summed E-state index contributed by atoms with van der Waals surface area (Å²) >= 11 is 0. The molecule has 4 heterocycles. The summed E-state index contributed by atoms with van der Waals surface area (Å²) in [5.74, 6) is 0. The molecule has 16 aromatic rings. The molecule has 0 atom stereocenters. The van der Waals surface area contributed by atoms with Gasteiger partial charge in [0.25, 0.3) is 0 Å². The van der Waals surface area contributed by atoms with Gasteiger partial charge in [-0.2, -0.15) is 0 Å². The zero-order chi connectivity index (χ0) is 84.9. The lowest BCUT2D eigenvalue weighted by Crippen LogP contribution is -2.45. The highest BCUT2D eigenvalue weighted by atomic mass is 14.9. The van der Waals surface area contributed by atoms with Crippen LogP contribution in [0.5, 0.6) is 0 Å². The summed E-state index contributed by atoms with van der Waals surface area (Å²) in [7, 11) is 8.60. The van der Waals surface area contributed by atoms with E-state index in [4.69, 9.17) is 0 Å². The van der Waals surface area contributed by atoms with Gasteiger partial charge in [0.1, 0.15) is 28.2 Å². The lowest BCUT2D eigenvalue weighted by Gasteiger charge is -2.49. The van der Waals surface area contributed by atoms with Crippen molar-refractivity contribution in [2.45, 2.75) is 184 Å². The Bertz CT molecular complexity index is 6840. The van der Waals surface area contributed by atoms with Gasteiger partial charge < -0.3 is 0 Å². The van der Waals surface area contributed by atoms with E-state index in [0.717, 1.165) is 12.8 Å². The number of fused-ring (bicyclic) bond motifs is 19. The molecule has 0 saturated carbocycles. The van der Waals surface area contributed by atoms with Gasteiger partial charge in [-0.15, -0.1) is 0 Å². The van der Waals surface area contributed by atoms with E-state index in [2.05, 4.69) is 452 Å². The highest BCUT2D eigenvalue weighted by Crippen LogP contribution is 2.61. The molecule has 0 aliphatic heterocycles. The summed E-state index contributed by atoms with van der Waals surface area (Å²) in [6.07, 6.45) is 10.9. The smallest absolute Gasteiger partial charge is 0.201 e. The minimum absolute atomic E-state index is 0.0114. The number of pyridine rings is 4. The van der Waals surface area contributed by atoms with Crippen LogP contribution in [-0.2, 0) is 73.5 Å². The molecule has 0 fully saturated rings. The van der Waals surface area contributed by atoms with Crippen molar-refractivity contribution in [2.75, 3.05) is 0 Å². The molecule has 4 aliphatic rings. The van der Waals surface area contributed by atoms with Crippen molar-refractivity contribution in [3.8, 4) is 89.5 Å². The van der Waals surface area contributed by atoms with E-state index in [1.165, 1.54) is 222 Å². The van der Waals surface area contributed by atoms with E-state index in [9.17, 15) is 0 Å². The van der Waals surface area contributed by atoms with E-state index in [1.807, 2.05) is 0 Å². The molecule has 0 radical (unpaired) electrons. The lowest BCUT2D eigenvalue weighted by molar-refractivity contribution is -0.660. The Kier molecular flexibility index (Phi) is 19.9. The minimum atomic E-state index is -0.0441. The molecule has 4 nitrogen and oxygen atoms in total. The van der Waals surface area contributed by atoms with Gasteiger partial charge in [0.15, 0.2) is 24.8 Å². The third-order valence-electron chi connectivity index (χ3n) is 30.1. The standard InChI is InChI=1S/3C30H32N.C26H24N/c1-19-16-17-31(7)25(18-19)26-20(2)12-14-24-23-15-13-21-10-8-9-11-22(21)27(23)29(3,4)30(5,6)28(24)26;1-19-14-15-31(7)27(16-19)23-18-24-26(17-20(23)2)30(5,6)29(3,4)25-13-12-21-10-8-9-11-22(21)28(24)25;1-19-14-15-31(7)27(16-19)24-18-25-23-13-12-21-10-8-9-11-22(21)28(23)30(5,6)29(3,4)26(25)17-20(24)2;1-17-12-13-27(3)25(14-17)26-18(2)8-10-22-23(26)11-9-21-15-19-6-4-5-7-20(19)16-24(21)22/h3*8-18H,1-7H3;4-8,10,12-16H,9,11H2,1-3H3/q4*+1. The summed E-state index contributed by atoms with van der Waals surface area (Å²) in [6.45, 7) is 46.8. The largest absolute Gasteiger partial charge is 0.213 e. The first-order chi connectivity index (χ1) is 57.0. The Labute approximate surface area is 714 Å². The first-order valence-electron chi connectivity index (χ1n) is 43.5. The second kappa shape index (κ2) is 29.6. The van der Waals surface area contributed by atoms with E-state index >= 15 is 0 Å². The maximum Gasteiger partial charge on any atom is 0.213 e. The van der Waals surface area contributed by atoms with Crippen molar-refractivity contribution in [1.29, 1.82) is 0 Å². The van der Waals surface area contributed by atoms with Gasteiger partial charge in [-0.05, 0) is 279 Å². The fraction of sp³-hybridized carbons (Fsp3) is 0.276. The molecule has 20 rings (SSSR count). The van der Waals surface area contributed by atoms with Gasteiger partial charge in [0, 0.05) is 75.9 Å². The summed E-state index contributed by atoms with van der Waals surface area (Å²) in [6, 6.07) is 91.0. The average molecular weight is 1570 g/mol. The predicted molar refractivity (Wildman–Crippen MR) is 507 cm³/mol. The first-order valence-corrected chi connectivity index (χ1v) is 43.5. The number of hydrogen-bond donors (Lipinski definition) is 0. The second-order valence-corrected chi connectivity index (χ2v) is 38.9. The van der Waals surface area contributed by atoms with Crippen LogP contribution in [0.15, 0.2) is 267 Å². The van der Waals surface area contributed by atoms with Gasteiger partial charge in [0.2, 0.25) is 22.8 Å². The number of nitrogens with zero attached hydrogens (tertiary/aromatic N) is 4. The minimum Gasteiger partial charge on any atom is -0.201 e. The number of aromatic nitrogens is 4. The van der Waals surface area contributed by atoms with Gasteiger partial charge in [-0.1, -0.05) is 259 Å². The van der Waals surface area contributed by atoms with Gasteiger partial charge in [0.05, 0.1) is 11.1 Å². The maximum atomic E-state index is 2.46. The molecule has 0 amide bonds. The van der Waals surface area contributed by atoms with Crippen LogP contribution in [-0.4, -0.2) is 0 Å². The fourth-order valence-electron chi connectivity index (χ4n) is 21.1. The molecule has 4 aromatic heterocycles. The Hall–Kier alpha value is -11.7. The summed E-state index contributed by atoms with van der Waals surface area (Å²) in [5, 5.41) is 10.7. The fourth-order valence-corrected chi connectivity index (χ4v) is 21.1. The lowest BCUT2D eigenvalue weighted by atomic mass is 9.53. The first kappa shape index (κ1) is 80.7. The molecule has 0 spiro atoms. The Morgan fingerprint density at radius 3 is 1.11 bits per heavy atom. The second-order valence-electron chi connectivity index (χ2n) is 38.9. The molecule has 0 unspecified atom stereocenters. The predicted octanol–water partition coefficient (Wildman–Crippen LogP) is 27.3. The zero-order valence-corrected chi connectivity index (χ0v) is 75.6. The topological polar surface area (TPSA) is 15.5 Å². The van der Waals surface area contributed by atoms with E-state index in [1.54, 1.807) is 0 Å². The van der Waals surface area contributed by atoms with Crippen molar-refractivity contribution in [3.05, 3.63) is 356 Å². The number of rotatable bonds is 4. The van der Waals surface area contributed by atoms with Crippen LogP contribution in [0.4, 0.5) is 0 Å². The normalized spacial score (nSPS) is 15.3. The SMILES string of the molecule is Cc1cc[n+](C)c(-c2c(C)ccc3c2C(C)(C)C(C)(C)c2c-3ccc3ccccc23)c1.Cc1cc[n+](C)c(-c2c(C)ccc3c2CCc2cc4ccccc4cc2-3)c1.Cc1cc[n+](C)c(-c2cc3c(cc2C)C(C)(C)C(C)(C)c2c-3ccc3ccccc23)c1.Cc1cc[n+](C)c(-c2cc3c(cc2C)C(C)(C)C(C)(C)c2ccc4ccccc4c2-3)c1. The molecular formula is C116H120N4+4. The molecule has 4 aliphatic carbocycles. The summed E-state index contributed by atoms with van der Waals surface area (Å²) in [5.41, 5.74) is 44.1. The van der Waals surface area contributed by atoms with Crippen LogP contribution in [0.25, 0.3) is 133 Å².